The van der Waals surface area contributed by atoms with Gasteiger partial charge in [-0.2, -0.15) is 0 Å². The minimum atomic E-state index is -1.88. The Morgan fingerprint density at radius 1 is 1.26 bits per heavy atom. The van der Waals surface area contributed by atoms with Crippen LogP contribution in [0.1, 0.15) is 53.9 Å². The number of esters is 1. The van der Waals surface area contributed by atoms with E-state index in [1.165, 1.54) is 0 Å². The van der Waals surface area contributed by atoms with Crippen molar-refractivity contribution in [3.63, 3.8) is 0 Å². The van der Waals surface area contributed by atoms with Gasteiger partial charge < -0.3 is 25.2 Å². The van der Waals surface area contributed by atoms with Crippen molar-refractivity contribution >= 4 is 11.8 Å². The molecule has 7 nitrogen and oxygen atoms in total. The maximum Gasteiger partial charge on any atom is 0.306 e. The number of Topliss-reactive ketones (excluding diaryl/α,β-unsaturated/α-hetero) is 1. The van der Waals surface area contributed by atoms with Crippen LogP contribution in [0, 0.1) is 29.1 Å². The van der Waals surface area contributed by atoms with Crippen molar-refractivity contribution in [1.82, 2.24) is 0 Å². The molecule has 2 fully saturated rings. The molecule has 8 atom stereocenters. The van der Waals surface area contributed by atoms with Crippen LogP contribution in [-0.4, -0.2) is 61.7 Å². The van der Waals surface area contributed by atoms with Gasteiger partial charge in [-0.05, 0) is 24.5 Å². The molecule has 4 aliphatic rings. The number of carbonyl (C=O) groups is 2. The molecule has 4 rings (SSSR count). The van der Waals surface area contributed by atoms with Crippen molar-refractivity contribution in [2.75, 3.05) is 6.61 Å². The zero-order valence-electron chi connectivity index (χ0n) is 18.9. The standard InChI is InChI=1S/C24H34O7/c1-6-7-17(26)31-24-18(21(24,4)5)15-9-14(11-25)10-22(29)16(8-12(2)19(22)27)23(15,30)13(3)20(24)28/h8-9,13,15-16,18,20,25,28-30H,6-7,10-11H2,1-5H3/t13-,15+,16+,18-,20-,22-,23-,24-/m1/s1. The first-order valence-corrected chi connectivity index (χ1v) is 11.2. The summed E-state index contributed by atoms with van der Waals surface area (Å²) >= 11 is 0. The molecule has 31 heavy (non-hydrogen) atoms. The van der Waals surface area contributed by atoms with Gasteiger partial charge in [0.2, 0.25) is 0 Å². The molecule has 0 spiro atoms. The molecule has 0 aromatic carbocycles. The average molecular weight is 435 g/mol. The number of aliphatic hydroxyl groups is 4. The first kappa shape index (κ1) is 22.6. The third kappa shape index (κ3) is 2.55. The van der Waals surface area contributed by atoms with Gasteiger partial charge in [0.05, 0.1) is 18.3 Å². The summed E-state index contributed by atoms with van der Waals surface area (Å²) in [5, 5.41) is 45.1. The maximum atomic E-state index is 12.9. The molecular weight excluding hydrogens is 400 g/mol. The Morgan fingerprint density at radius 3 is 2.48 bits per heavy atom. The lowest BCUT2D eigenvalue weighted by molar-refractivity contribution is -0.219. The van der Waals surface area contributed by atoms with Crippen LogP contribution in [0.3, 0.4) is 0 Å². The van der Waals surface area contributed by atoms with E-state index in [1.54, 1.807) is 26.0 Å². The average Bonchev–Trinajstić information content (AvgIpc) is 3.13. The van der Waals surface area contributed by atoms with Crippen LogP contribution in [0.25, 0.3) is 0 Å². The molecule has 7 heteroatoms. The van der Waals surface area contributed by atoms with E-state index in [0.717, 1.165) is 0 Å². The zero-order valence-corrected chi connectivity index (χ0v) is 18.9. The predicted octanol–water partition coefficient (Wildman–Crippen LogP) is 1.28. The molecule has 0 aromatic rings. The lowest BCUT2D eigenvalue weighted by atomic mass is 9.59. The highest BCUT2D eigenvalue weighted by Gasteiger charge is 2.86. The summed E-state index contributed by atoms with van der Waals surface area (Å²) in [4.78, 5) is 25.4. The van der Waals surface area contributed by atoms with Crippen LogP contribution in [-0.2, 0) is 14.3 Å². The fraction of sp³-hybridized carbons (Fsp3) is 0.750. The van der Waals surface area contributed by atoms with E-state index in [2.05, 4.69) is 0 Å². The summed E-state index contributed by atoms with van der Waals surface area (Å²) in [6.45, 7) is 8.62. The molecule has 4 N–H and O–H groups in total. The third-order valence-electron chi connectivity index (χ3n) is 8.73. The van der Waals surface area contributed by atoms with E-state index in [0.29, 0.717) is 17.6 Å². The smallest absolute Gasteiger partial charge is 0.306 e. The van der Waals surface area contributed by atoms with Gasteiger partial charge in [-0.15, -0.1) is 0 Å². The van der Waals surface area contributed by atoms with Gasteiger partial charge in [0.1, 0.15) is 11.2 Å². The van der Waals surface area contributed by atoms with Crippen molar-refractivity contribution in [2.45, 2.75) is 76.8 Å². The fourth-order valence-electron chi connectivity index (χ4n) is 7.11. The van der Waals surface area contributed by atoms with Gasteiger partial charge in [0.15, 0.2) is 5.78 Å². The number of ether oxygens (including phenoxy) is 1. The molecule has 4 aliphatic carbocycles. The highest BCUT2D eigenvalue weighted by Crippen LogP contribution is 2.76. The van der Waals surface area contributed by atoms with E-state index >= 15 is 0 Å². The van der Waals surface area contributed by atoms with Crippen molar-refractivity contribution in [1.29, 1.82) is 0 Å². The summed E-state index contributed by atoms with van der Waals surface area (Å²) in [6, 6.07) is 0. The largest absolute Gasteiger partial charge is 0.455 e. The molecular formula is C24H34O7. The Kier molecular flexibility index (Phi) is 4.92. The van der Waals surface area contributed by atoms with Gasteiger partial charge in [0, 0.05) is 41.9 Å². The van der Waals surface area contributed by atoms with E-state index < -0.39 is 63.7 Å². The zero-order chi connectivity index (χ0) is 23.1. The fourth-order valence-corrected chi connectivity index (χ4v) is 7.11. The van der Waals surface area contributed by atoms with E-state index in [9.17, 15) is 30.0 Å². The second-order valence-electron chi connectivity index (χ2n) is 10.6. The topological polar surface area (TPSA) is 124 Å². The quantitative estimate of drug-likeness (QED) is 0.388. The first-order chi connectivity index (χ1) is 14.3. The van der Waals surface area contributed by atoms with Crippen LogP contribution < -0.4 is 0 Å². The Balaban J connectivity index is 1.88. The normalized spacial score (nSPS) is 47.4. The van der Waals surface area contributed by atoms with Crippen molar-refractivity contribution in [3.05, 3.63) is 23.3 Å². The number of hydrogen-bond acceptors (Lipinski definition) is 7. The highest BCUT2D eigenvalue weighted by molar-refractivity contribution is 6.04. The van der Waals surface area contributed by atoms with Gasteiger partial charge in [-0.25, -0.2) is 0 Å². The lowest BCUT2D eigenvalue weighted by Gasteiger charge is -2.52. The monoisotopic (exact) mass is 434 g/mol. The number of ketones is 1. The highest BCUT2D eigenvalue weighted by atomic mass is 16.6. The van der Waals surface area contributed by atoms with E-state index in [4.69, 9.17) is 4.74 Å². The number of hydrogen-bond donors (Lipinski definition) is 4. The molecule has 0 saturated heterocycles. The maximum absolute atomic E-state index is 12.9. The van der Waals surface area contributed by atoms with Crippen LogP contribution in [0.15, 0.2) is 23.3 Å². The lowest BCUT2D eigenvalue weighted by Crippen LogP contribution is -2.65. The third-order valence-corrected chi connectivity index (χ3v) is 8.73. The molecule has 0 radical (unpaired) electrons. The molecule has 0 heterocycles. The van der Waals surface area contributed by atoms with Gasteiger partial charge in [-0.1, -0.05) is 39.8 Å². The number of carbonyl (C=O) groups excluding carboxylic acids is 2. The summed E-state index contributed by atoms with van der Waals surface area (Å²) in [6.07, 6.45) is 2.95. The van der Waals surface area contributed by atoms with Crippen LogP contribution in [0.5, 0.6) is 0 Å². The molecule has 2 saturated carbocycles. The van der Waals surface area contributed by atoms with Gasteiger partial charge >= 0.3 is 5.97 Å². The summed E-state index contributed by atoms with van der Waals surface area (Å²) in [5.41, 5.74) is -4.52. The minimum Gasteiger partial charge on any atom is -0.455 e. The molecule has 0 unspecified atom stereocenters. The summed E-state index contributed by atoms with van der Waals surface area (Å²) < 4.78 is 5.94. The molecule has 0 aromatic heterocycles. The predicted molar refractivity (Wildman–Crippen MR) is 112 cm³/mol. The van der Waals surface area contributed by atoms with Crippen LogP contribution >= 0.6 is 0 Å². The minimum absolute atomic E-state index is 0.0851. The summed E-state index contributed by atoms with van der Waals surface area (Å²) in [7, 11) is 0. The van der Waals surface area contributed by atoms with Crippen LogP contribution in [0.2, 0.25) is 0 Å². The van der Waals surface area contributed by atoms with Crippen molar-refractivity contribution in [3.8, 4) is 0 Å². The van der Waals surface area contributed by atoms with E-state index in [1.807, 2.05) is 20.8 Å². The molecule has 0 aliphatic heterocycles. The van der Waals surface area contributed by atoms with Gasteiger partial charge in [-0.3, -0.25) is 9.59 Å². The second-order valence-corrected chi connectivity index (χ2v) is 10.6. The van der Waals surface area contributed by atoms with E-state index in [-0.39, 0.29) is 19.4 Å². The number of rotatable bonds is 4. The molecule has 0 bridgehead atoms. The number of aliphatic hydroxyl groups excluding tert-OH is 2. The number of fused-ring (bicyclic) bond motifs is 5. The van der Waals surface area contributed by atoms with Crippen molar-refractivity contribution in [2.24, 2.45) is 29.1 Å². The molecule has 172 valence electrons. The summed E-state index contributed by atoms with van der Waals surface area (Å²) in [5.74, 6) is -3.64. The van der Waals surface area contributed by atoms with Gasteiger partial charge in [0.25, 0.3) is 0 Å². The Labute approximate surface area is 182 Å². The van der Waals surface area contributed by atoms with Crippen molar-refractivity contribution < 1.29 is 34.8 Å². The Bertz CT molecular complexity index is 888. The second kappa shape index (κ2) is 6.73. The molecule has 0 amide bonds. The SMILES string of the molecule is CCCC(=O)O[C@@]12[C@H](O)[C@@H](C)[C@]3(O)[C@H]4C=C(C)C(=O)[C@@]4(O)CC(CO)=C[C@H]3[C@@H]1C2(C)C. The van der Waals surface area contributed by atoms with Crippen LogP contribution in [0.4, 0.5) is 0 Å². The first-order valence-electron chi connectivity index (χ1n) is 11.2. The Morgan fingerprint density at radius 2 is 1.90 bits per heavy atom. The Hall–Kier alpha value is -1.54.